The fourth-order valence-corrected chi connectivity index (χ4v) is 2.38. The highest BCUT2D eigenvalue weighted by atomic mass is 16.3. The van der Waals surface area contributed by atoms with Gasteiger partial charge in [-0.15, -0.1) is 0 Å². The van der Waals surface area contributed by atoms with Crippen LogP contribution in [0.25, 0.3) is 6.08 Å². The fourth-order valence-electron chi connectivity index (χ4n) is 2.38. The van der Waals surface area contributed by atoms with E-state index >= 15 is 0 Å². The molecule has 1 unspecified atom stereocenters. The van der Waals surface area contributed by atoms with E-state index in [9.17, 15) is 4.79 Å². The van der Waals surface area contributed by atoms with Gasteiger partial charge in [-0.3, -0.25) is 4.79 Å². The largest absolute Gasteiger partial charge is 0.465 e. The number of likely N-dealkylation sites (tertiary alicyclic amines) is 1. The number of carbonyl (C=O) groups excluding carboxylic acids is 1. The average Bonchev–Trinajstić information content (AvgIpc) is 2.90. The predicted molar refractivity (Wildman–Crippen MR) is 70.7 cm³/mol. The third-order valence-electron chi connectivity index (χ3n) is 3.34. The Morgan fingerprint density at radius 3 is 3.22 bits per heavy atom. The first-order chi connectivity index (χ1) is 8.79. The summed E-state index contributed by atoms with van der Waals surface area (Å²) in [7, 11) is 0. The summed E-state index contributed by atoms with van der Waals surface area (Å²) in [5, 5.41) is 0. The van der Waals surface area contributed by atoms with E-state index in [1.165, 1.54) is 6.42 Å². The number of amides is 1. The minimum atomic E-state index is 0.0631. The summed E-state index contributed by atoms with van der Waals surface area (Å²) in [6.07, 6.45) is 8.17. The van der Waals surface area contributed by atoms with Crippen LogP contribution in [0.4, 0.5) is 0 Å². The maximum atomic E-state index is 12.0. The number of hydrogen-bond donors (Lipinski definition) is 1. The second-order valence-corrected chi connectivity index (χ2v) is 4.72. The fraction of sp³-hybridized carbons (Fsp3) is 0.500. The van der Waals surface area contributed by atoms with E-state index in [0.717, 1.165) is 25.9 Å². The third kappa shape index (κ3) is 3.47. The second kappa shape index (κ2) is 6.40. The van der Waals surface area contributed by atoms with Crippen LogP contribution in [0.15, 0.2) is 28.9 Å². The second-order valence-electron chi connectivity index (χ2n) is 4.72. The Hall–Kier alpha value is -1.55. The maximum Gasteiger partial charge on any atom is 0.246 e. The summed E-state index contributed by atoms with van der Waals surface area (Å²) in [6.45, 7) is 2.38. The summed E-state index contributed by atoms with van der Waals surface area (Å²) in [5.41, 5.74) is 5.57. The van der Waals surface area contributed by atoms with Crippen molar-refractivity contribution in [1.82, 2.24) is 4.90 Å². The lowest BCUT2D eigenvalue weighted by Gasteiger charge is -2.31. The molecule has 1 aliphatic rings. The highest BCUT2D eigenvalue weighted by molar-refractivity contribution is 5.91. The molecule has 4 nitrogen and oxygen atoms in total. The van der Waals surface area contributed by atoms with Gasteiger partial charge in [-0.1, -0.05) is 0 Å². The number of carbonyl (C=O) groups is 1. The Balaban J connectivity index is 1.88. The molecule has 1 saturated heterocycles. The van der Waals surface area contributed by atoms with Crippen LogP contribution in [0.3, 0.4) is 0 Å². The van der Waals surface area contributed by atoms with Crippen molar-refractivity contribution >= 4 is 12.0 Å². The summed E-state index contributed by atoms with van der Waals surface area (Å²) < 4.78 is 5.16. The van der Waals surface area contributed by atoms with Crippen LogP contribution in [0.5, 0.6) is 0 Å². The molecule has 98 valence electrons. The lowest BCUT2D eigenvalue weighted by atomic mass is 9.95. The molecule has 4 heteroatoms. The highest BCUT2D eigenvalue weighted by Crippen LogP contribution is 2.19. The Bertz CT molecular complexity index is 396. The Kier molecular flexibility index (Phi) is 4.59. The van der Waals surface area contributed by atoms with E-state index in [4.69, 9.17) is 10.2 Å². The zero-order valence-corrected chi connectivity index (χ0v) is 10.5. The first-order valence-electron chi connectivity index (χ1n) is 6.50. The van der Waals surface area contributed by atoms with Crippen molar-refractivity contribution in [3.8, 4) is 0 Å². The van der Waals surface area contributed by atoms with Crippen molar-refractivity contribution in [3.05, 3.63) is 30.2 Å². The first-order valence-corrected chi connectivity index (χ1v) is 6.50. The molecule has 2 rings (SSSR count). The lowest BCUT2D eigenvalue weighted by Crippen LogP contribution is -2.39. The number of nitrogens with zero attached hydrogens (tertiary/aromatic N) is 1. The first kappa shape index (κ1) is 12.9. The molecule has 1 atom stereocenters. The summed E-state index contributed by atoms with van der Waals surface area (Å²) in [5.74, 6) is 1.33. The molecule has 0 saturated carbocycles. The van der Waals surface area contributed by atoms with Crippen LogP contribution in [0.1, 0.15) is 25.0 Å². The van der Waals surface area contributed by atoms with E-state index in [1.54, 1.807) is 18.4 Å². The molecular formula is C14H20N2O2. The number of nitrogens with two attached hydrogens (primary N) is 1. The topological polar surface area (TPSA) is 59.5 Å². The van der Waals surface area contributed by atoms with Gasteiger partial charge in [0.1, 0.15) is 5.76 Å². The van der Waals surface area contributed by atoms with Gasteiger partial charge < -0.3 is 15.1 Å². The van der Waals surface area contributed by atoms with Gasteiger partial charge in [-0.25, -0.2) is 0 Å². The van der Waals surface area contributed by atoms with Crippen LogP contribution in [0.2, 0.25) is 0 Å². The number of rotatable bonds is 4. The van der Waals surface area contributed by atoms with Crippen molar-refractivity contribution in [2.75, 3.05) is 19.6 Å². The Labute approximate surface area is 107 Å². The third-order valence-corrected chi connectivity index (χ3v) is 3.34. The van der Waals surface area contributed by atoms with Crippen molar-refractivity contribution in [2.45, 2.75) is 19.3 Å². The van der Waals surface area contributed by atoms with E-state index in [2.05, 4.69) is 0 Å². The molecule has 1 fully saturated rings. The van der Waals surface area contributed by atoms with Crippen molar-refractivity contribution < 1.29 is 9.21 Å². The quantitative estimate of drug-likeness (QED) is 0.828. The molecule has 0 aliphatic carbocycles. The van der Waals surface area contributed by atoms with Gasteiger partial charge in [0.2, 0.25) is 5.91 Å². The minimum Gasteiger partial charge on any atom is -0.465 e. The monoisotopic (exact) mass is 248 g/mol. The molecular weight excluding hydrogens is 228 g/mol. The highest BCUT2D eigenvalue weighted by Gasteiger charge is 2.21. The van der Waals surface area contributed by atoms with Gasteiger partial charge in [0.25, 0.3) is 0 Å². The van der Waals surface area contributed by atoms with E-state index in [1.807, 2.05) is 17.0 Å². The number of hydrogen-bond acceptors (Lipinski definition) is 3. The molecule has 0 aromatic carbocycles. The van der Waals surface area contributed by atoms with Crippen LogP contribution in [-0.2, 0) is 4.79 Å². The number of piperidine rings is 1. The van der Waals surface area contributed by atoms with E-state index < -0.39 is 0 Å². The van der Waals surface area contributed by atoms with Gasteiger partial charge in [0, 0.05) is 19.2 Å². The Morgan fingerprint density at radius 1 is 1.61 bits per heavy atom. The van der Waals surface area contributed by atoms with Gasteiger partial charge in [0.05, 0.1) is 6.26 Å². The van der Waals surface area contributed by atoms with Crippen LogP contribution < -0.4 is 5.73 Å². The predicted octanol–water partition coefficient (Wildman–Crippen LogP) is 1.88. The standard InChI is InChI=1S/C14H20N2O2/c15-8-7-12-3-1-9-16(11-12)14(17)6-5-13-4-2-10-18-13/h2,4-6,10,12H,1,3,7-9,11,15H2. The van der Waals surface area contributed by atoms with E-state index in [-0.39, 0.29) is 5.91 Å². The molecule has 1 aromatic rings. The van der Waals surface area contributed by atoms with Crippen LogP contribution in [-0.4, -0.2) is 30.4 Å². The summed E-state index contributed by atoms with van der Waals surface area (Å²) in [6, 6.07) is 3.64. The summed E-state index contributed by atoms with van der Waals surface area (Å²) in [4.78, 5) is 13.9. The minimum absolute atomic E-state index is 0.0631. The molecule has 2 N–H and O–H groups in total. The van der Waals surface area contributed by atoms with E-state index in [0.29, 0.717) is 18.2 Å². The van der Waals surface area contributed by atoms with Crippen LogP contribution >= 0.6 is 0 Å². The maximum absolute atomic E-state index is 12.0. The molecule has 0 bridgehead atoms. The van der Waals surface area contributed by atoms with Gasteiger partial charge in [0.15, 0.2) is 0 Å². The van der Waals surface area contributed by atoms with Gasteiger partial charge in [-0.05, 0) is 49.9 Å². The zero-order chi connectivity index (χ0) is 12.8. The Morgan fingerprint density at radius 2 is 2.50 bits per heavy atom. The molecule has 18 heavy (non-hydrogen) atoms. The molecule has 1 aromatic heterocycles. The zero-order valence-electron chi connectivity index (χ0n) is 10.5. The smallest absolute Gasteiger partial charge is 0.246 e. The van der Waals surface area contributed by atoms with Gasteiger partial charge >= 0.3 is 0 Å². The van der Waals surface area contributed by atoms with Crippen LogP contribution in [0, 0.1) is 5.92 Å². The average molecular weight is 248 g/mol. The molecule has 1 amide bonds. The number of furan rings is 1. The molecule has 0 spiro atoms. The van der Waals surface area contributed by atoms with Crippen molar-refractivity contribution in [1.29, 1.82) is 0 Å². The lowest BCUT2D eigenvalue weighted by molar-refractivity contribution is -0.127. The molecule has 1 aliphatic heterocycles. The van der Waals surface area contributed by atoms with Crippen molar-refractivity contribution in [2.24, 2.45) is 11.7 Å². The SMILES string of the molecule is NCCC1CCCN(C(=O)C=Cc2ccco2)C1. The van der Waals surface area contributed by atoms with Gasteiger partial charge in [-0.2, -0.15) is 0 Å². The van der Waals surface area contributed by atoms with Crippen molar-refractivity contribution in [3.63, 3.8) is 0 Å². The molecule has 2 heterocycles. The molecule has 0 radical (unpaired) electrons. The summed E-state index contributed by atoms with van der Waals surface area (Å²) >= 11 is 0. The normalized spacial score (nSPS) is 20.5.